The number of carbonyl (C=O) groups excluding carboxylic acids is 1. The van der Waals surface area contributed by atoms with Gasteiger partial charge in [0.1, 0.15) is 0 Å². The molecule has 1 fully saturated rings. The molecule has 5 heteroatoms. The summed E-state index contributed by atoms with van der Waals surface area (Å²) < 4.78 is 0. The van der Waals surface area contributed by atoms with Crippen LogP contribution < -0.4 is 5.32 Å². The molecule has 20 heavy (non-hydrogen) atoms. The lowest BCUT2D eigenvalue weighted by Gasteiger charge is -2.34. The molecule has 1 aromatic heterocycles. The third kappa shape index (κ3) is 4.58. The molecule has 1 aromatic rings. The molecule has 0 radical (unpaired) electrons. The van der Waals surface area contributed by atoms with Gasteiger partial charge in [0.05, 0.1) is 18.8 Å². The van der Waals surface area contributed by atoms with E-state index in [0.29, 0.717) is 19.1 Å². The molecule has 1 saturated heterocycles. The fourth-order valence-electron chi connectivity index (χ4n) is 2.68. The van der Waals surface area contributed by atoms with E-state index in [1.165, 1.54) is 6.42 Å². The van der Waals surface area contributed by atoms with Gasteiger partial charge in [-0.05, 0) is 37.9 Å². The molecule has 2 heterocycles. The van der Waals surface area contributed by atoms with Gasteiger partial charge in [0.15, 0.2) is 0 Å². The van der Waals surface area contributed by atoms with Crippen molar-refractivity contribution in [2.45, 2.75) is 38.3 Å². The highest BCUT2D eigenvalue weighted by atomic mass is 16.3. The van der Waals surface area contributed by atoms with Crippen LogP contribution in [-0.2, 0) is 11.3 Å². The third-order valence-corrected chi connectivity index (χ3v) is 3.75. The number of amides is 1. The zero-order valence-corrected chi connectivity index (χ0v) is 11.8. The van der Waals surface area contributed by atoms with Gasteiger partial charge in [-0.15, -0.1) is 0 Å². The average molecular weight is 277 g/mol. The molecular formula is C15H23N3O2. The smallest absolute Gasteiger partial charge is 0.234 e. The van der Waals surface area contributed by atoms with Gasteiger partial charge in [-0.3, -0.25) is 14.7 Å². The standard InChI is InChI=1S/C15H23N3O2/c19-10-7-14-6-2-4-9-18(14)12-15(20)17-11-13-5-1-3-8-16-13/h1,3,5,8,14,19H,2,4,6-7,9-12H2,(H,17,20). The van der Waals surface area contributed by atoms with Crippen LogP contribution in [0.3, 0.4) is 0 Å². The van der Waals surface area contributed by atoms with Crippen molar-refractivity contribution in [1.29, 1.82) is 0 Å². The minimum Gasteiger partial charge on any atom is -0.396 e. The van der Waals surface area contributed by atoms with Gasteiger partial charge in [-0.25, -0.2) is 0 Å². The number of carbonyl (C=O) groups is 1. The number of aromatic nitrogens is 1. The second-order valence-corrected chi connectivity index (χ2v) is 5.23. The van der Waals surface area contributed by atoms with Crippen LogP contribution in [0.25, 0.3) is 0 Å². The molecule has 1 unspecified atom stereocenters. The fraction of sp³-hybridized carbons (Fsp3) is 0.600. The first-order chi connectivity index (χ1) is 9.79. The van der Waals surface area contributed by atoms with Crippen LogP contribution in [0.1, 0.15) is 31.4 Å². The summed E-state index contributed by atoms with van der Waals surface area (Å²) in [6, 6.07) is 6.01. The van der Waals surface area contributed by atoms with Crippen molar-refractivity contribution in [1.82, 2.24) is 15.2 Å². The van der Waals surface area contributed by atoms with Gasteiger partial charge in [0.2, 0.25) is 5.91 Å². The highest BCUT2D eigenvalue weighted by Crippen LogP contribution is 2.18. The Hall–Kier alpha value is -1.46. The number of aliphatic hydroxyl groups excluding tert-OH is 1. The Morgan fingerprint density at radius 2 is 2.35 bits per heavy atom. The fourth-order valence-corrected chi connectivity index (χ4v) is 2.68. The Balaban J connectivity index is 1.78. The molecule has 0 saturated carbocycles. The second kappa shape index (κ2) is 7.97. The molecule has 2 rings (SSSR count). The first-order valence-corrected chi connectivity index (χ1v) is 7.31. The maximum absolute atomic E-state index is 12.0. The molecule has 5 nitrogen and oxygen atoms in total. The Bertz CT molecular complexity index is 409. The van der Waals surface area contributed by atoms with Crippen LogP contribution in [0.5, 0.6) is 0 Å². The van der Waals surface area contributed by atoms with Gasteiger partial charge < -0.3 is 10.4 Å². The maximum Gasteiger partial charge on any atom is 0.234 e. The van der Waals surface area contributed by atoms with E-state index < -0.39 is 0 Å². The Morgan fingerprint density at radius 1 is 1.45 bits per heavy atom. The number of nitrogens with zero attached hydrogens (tertiary/aromatic N) is 2. The molecular weight excluding hydrogens is 254 g/mol. The number of aliphatic hydroxyl groups is 1. The van der Waals surface area contributed by atoms with Gasteiger partial charge >= 0.3 is 0 Å². The lowest BCUT2D eigenvalue weighted by atomic mass is 10.00. The first kappa shape index (κ1) is 14.9. The van der Waals surface area contributed by atoms with Crippen LogP contribution in [0.4, 0.5) is 0 Å². The van der Waals surface area contributed by atoms with Crippen molar-refractivity contribution in [2.24, 2.45) is 0 Å². The molecule has 1 aliphatic rings. The number of hydrogen-bond donors (Lipinski definition) is 2. The Labute approximate surface area is 120 Å². The van der Waals surface area contributed by atoms with E-state index in [-0.39, 0.29) is 12.5 Å². The topological polar surface area (TPSA) is 65.5 Å². The number of rotatable bonds is 6. The summed E-state index contributed by atoms with van der Waals surface area (Å²) in [6.45, 7) is 2.02. The van der Waals surface area contributed by atoms with Crippen LogP contribution in [0.2, 0.25) is 0 Å². The summed E-state index contributed by atoms with van der Waals surface area (Å²) in [4.78, 5) is 18.4. The number of hydrogen-bond acceptors (Lipinski definition) is 4. The highest BCUT2D eigenvalue weighted by Gasteiger charge is 2.23. The van der Waals surface area contributed by atoms with Crippen molar-refractivity contribution in [3.63, 3.8) is 0 Å². The van der Waals surface area contributed by atoms with Crippen LogP contribution in [0.15, 0.2) is 24.4 Å². The van der Waals surface area contributed by atoms with E-state index in [1.807, 2.05) is 18.2 Å². The molecule has 1 amide bonds. The lowest BCUT2D eigenvalue weighted by Crippen LogP contribution is -2.45. The largest absolute Gasteiger partial charge is 0.396 e. The number of piperidine rings is 1. The molecule has 0 aliphatic carbocycles. The molecule has 0 bridgehead atoms. The van der Waals surface area contributed by atoms with Gasteiger partial charge in [0.25, 0.3) is 0 Å². The van der Waals surface area contributed by atoms with E-state index in [9.17, 15) is 4.79 Å². The van der Waals surface area contributed by atoms with Gasteiger partial charge in [-0.1, -0.05) is 12.5 Å². The Morgan fingerprint density at radius 3 is 3.10 bits per heavy atom. The van der Waals surface area contributed by atoms with Crippen molar-refractivity contribution in [2.75, 3.05) is 19.7 Å². The van der Waals surface area contributed by atoms with E-state index in [4.69, 9.17) is 5.11 Å². The van der Waals surface area contributed by atoms with Crippen LogP contribution in [0, 0.1) is 0 Å². The van der Waals surface area contributed by atoms with Crippen molar-refractivity contribution >= 4 is 5.91 Å². The van der Waals surface area contributed by atoms with E-state index in [2.05, 4.69) is 15.2 Å². The average Bonchev–Trinajstić information content (AvgIpc) is 2.49. The second-order valence-electron chi connectivity index (χ2n) is 5.23. The maximum atomic E-state index is 12.0. The summed E-state index contributed by atoms with van der Waals surface area (Å²) >= 11 is 0. The monoisotopic (exact) mass is 277 g/mol. The van der Waals surface area contributed by atoms with Gasteiger partial charge in [0, 0.05) is 18.8 Å². The van der Waals surface area contributed by atoms with Crippen LogP contribution >= 0.6 is 0 Å². The normalized spacial score (nSPS) is 19.8. The quantitative estimate of drug-likeness (QED) is 0.812. The summed E-state index contributed by atoms with van der Waals surface area (Å²) in [6.07, 6.45) is 5.89. The molecule has 1 aliphatic heterocycles. The predicted molar refractivity (Wildman–Crippen MR) is 77.0 cm³/mol. The van der Waals surface area contributed by atoms with Crippen molar-refractivity contribution in [3.8, 4) is 0 Å². The van der Waals surface area contributed by atoms with Crippen molar-refractivity contribution < 1.29 is 9.90 Å². The molecule has 0 spiro atoms. The van der Waals surface area contributed by atoms with Crippen molar-refractivity contribution in [3.05, 3.63) is 30.1 Å². The molecule has 0 aromatic carbocycles. The number of likely N-dealkylation sites (tertiary alicyclic amines) is 1. The first-order valence-electron chi connectivity index (χ1n) is 7.31. The molecule has 110 valence electrons. The minimum atomic E-state index is 0.0282. The zero-order chi connectivity index (χ0) is 14.2. The lowest BCUT2D eigenvalue weighted by molar-refractivity contribution is -0.123. The molecule has 2 N–H and O–H groups in total. The number of nitrogens with one attached hydrogen (secondary N) is 1. The highest BCUT2D eigenvalue weighted by molar-refractivity contribution is 5.78. The summed E-state index contributed by atoms with van der Waals surface area (Å²) in [5.74, 6) is 0.0282. The van der Waals surface area contributed by atoms with Gasteiger partial charge in [-0.2, -0.15) is 0 Å². The third-order valence-electron chi connectivity index (χ3n) is 3.75. The Kier molecular flexibility index (Phi) is 5.95. The predicted octanol–water partition coefficient (Wildman–Crippen LogP) is 0.935. The molecule has 1 atom stereocenters. The summed E-state index contributed by atoms with van der Waals surface area (Å²) in [5, 5.41) is 12.0. The zero-order valence-electron chi connectivity index (χ0n) is 11.8. The summed E-state index contributed by atoms with van der Waals surface area (Å²) in [5.41, 5.74) is 0.867. The van der Waals surface area contributed by atoms with E-state index in [0.717, 1.165) is 31.5 Å². The summed E-state index contributed by atoms with van der Waals surface area (Å²) in [7, 11) is 0. The number of pyridine rings is 1. The minimum absolute atomic E-state index is 0.0282. The van der Waals surface area contributed by atoms with Crippen LogP contribution in [-0.4, -0.2) is 46.6 Å². The van der Waals surface area contributed by atoms with E-state index in [1.54, 1.807) is 6.20 Å². The SMILES string of the molecule is O=C(CN1CCCCC1CCO)NCc1ccccn1. The van der Waals surface area contributed by atoms with E-state index >= 15 is 0 Å².